The van der Waals surface area contributed by atoms with Crippen LogP contribution >= 0.6 is 22.6 Å². The Labute approximate surface area is 166 Å². The number of carbonyl (C=O) groups is 1. The van der Waals surface area contributed by atoms with Gasteiger partial charge >= 0.3 is 6.18 Å². The molecule has 0 aliphatic rings. The Morgan fingerprint density at radius 3 is 2.48 bits per heavy atom. The van der Waals surface area contributed by atoms with Gasteiger partial charge in [-0.2, -0.15) is 13.2 Å². The molecule has 140 valence electrons. The molecule has 0 saturated carbocycles. The lowest BCUT2D eigenvalue weighted by Gasteiger charge is -2.14. The summed E-state index contributed by atoms with van der Waals surface area (Å²) in [6, 6.07) is 9.53. The molecule has 0 aliphatic heterocycles. The van der Waals surface area contributed by atoms with Crippen molar-refractivity contribution in [3.8, 4) is 0 Å². The molecule has 5 nitrogen and oxygen atoms in total. The molecule has 0 radical (unpaired) electrons. The predicted octanol–water partition coefficient (Wildman–Crippen LogP) is 4.57. The van der Waals surface area contributed by atoms with Gasteiger partial charge in [0, 0.05) is 36.1 Å². The van der Waals surface area contributed by atoms with E-state index in [-0.39, 0.29) is 5.69 Å². The van der Waals surface area contributed by atoms with Gasteiger partial charge in [-0.25, -0.2) is 0 Å². The van der Waals surface area contributed by atoms with E-state index >= 15 is 0 Å². The second-order valence-electron chi connectivity index (χ2n) is 6.00. The van der Waals surface area contributed by atoms with Crippen molar-refractivity contribution < 1.29 is 18.0 Å². The maximum atomic E-state index is 12.8. The summed E-state index contributed by atoms with van der Waals surface area (Å²) in [5.41, 5.74) is -0.429. The van der Waals surface area contributed by atoms with Crippen molar-refractivity contribution >= 4 is 50.8 Å². The minimum atomic E-state index is -4.47. The summed E-state index contributed by atoms with van der Waals surface area (Å²) in [6.07, 6.45) is -4.47. The highest BCUT2D eigenvalue weighted by Crippen LogP contribution is 2.31. The number of carbonyl (C=O) groups excluding carboxylic acids is 1. The van der Waals surface area contributed by atoms with E-state index in [1.807, 2.05) is 41.6 Å². The Hall–Kier alpha value is -2.43. The lowest BCUT2D eigenvalue weighted by Crippen LogP contribution is -2.14. The Bertz CT molecular complexity index is 1020. The number of amides is 1. The van der Waals surface area contributed by atoms with Crippen LogP contribution in [0.2, 0.25) is 0 Å². The summed E-state index contributed by atoms with van der Waals surface area (Å²) in [6.45, 7) is 0. The maximum Gasteiger partial charge on any atom is 0.416 e. The molecule has 9 heteroatoms. The van der Waals surface area contributed by atoms with E-state index in [0.717, 1.165) is 22.9 Å². The monoisotopic (exact) mass is 486 g/mol. The van der Waals surface area contributed by atoms with E-state index in [1.54, 1.807) is 18.2 Å². The Balaban J connectivity index is 1.94. The lowest BCUT2D eigenvalue weighted by atomic mass is 10.1. The zero-order valence-corrected chi connectivity index (χ0v) is 16.5. The Morgan fingerprint density at radius 2 is 1.81 bits per heavy atom. The average Bonchev–Trinajstić information content (AvgIpc) is 2.61. The summed E-state index contributed by atoms with van der Waals surface area (Å²) in [7, 11) is 3.68. The third kappa shape index (κ3) is 4.12. The normalized spacial score (nSPS) is 11.5. The van der Waals surface area contributed by atoms with Gasteiger partial charge in [0.2, 0.25) is 0 Å². The van der Waals surface area contributed by atoms with Gasteiger partial charge in [0.1, 0.15) is 3.70 Å². The van der Waals surface area contributed by atoms with Crippen molar-refractivity contribution in [1.29, 1.82) is 0 Å². The van der Waals surface area contributed by atoms with Crippen LogP contribution in [-0.4, -0.2) is 30.2 Å². The number of nitrogens with one attached hydrogen (secondary N) is 1. The molecule has 1 aromatic heterocycles. The molecule has 1 heterocycles. The van der Waals surface area contributed by atoms with Crippen LogP contribution in [0, 0.1) is 3.70 Å². The van der Waals surface area contributed by atoms with E-state index in [0.29, 0.717) is 15.1 Å². The number of halogens is 4. The largest absolute Gasteiger partial charge is 0.416 e. The number of hydrogen-bond donors (Lipinski definition) is 1. The second-order valence-corrected chi connectivity index (χ2v) is 7.02. The number of benzene rings is 2. The molecule has 0 spiro atoms. The number of alkyl halides is 3. The summed E-state index contributed by atoms with van der Waals surface area (Å²) >= 11 is 2.03. The van der Waals surface area contributed by atoms with E-state index in [1.165, 1.54) is 12.1 Å². The third-order valence-electron chi connectivity index (χ3n) is 3.85. The highest BCUT2D eigenvalue weighted by atomic mass is 127. The minimum absolute atomic E-state index is 0.0754. The zero-order valence-electron chi connectivity index (χ0n) is 14.3. The van der Waals surface area contributed by atoms with Gasteiger partial charge in [-0.05, 0) is 59.0 Å². The maximum absolute atomic E-state index is 12.8. The minimum Gasteiger partial charge on any atom is -0.361 e. The molecule has 3 rings (SSSR count). The van der Waals surface area contributed by atoms with Crippen LogP contribution in [0.5, 0.6) is 0 Å². The SMILES string of the molecule is CN(C)c1nnc(I)c2cc(C(=O)Nc3cccc(C(F)(F)F)c3)ccc12. The van der Waals surface area contributed by atoms with E-state index in [4.69, 9.17) is 0 Å². The zero-order chi connectivity index (χ0) is 19.8. The first-order valence-electron chi connectivity index (χ1n) is 7.78. The van der Waals surface area contributed by atoms with Gasteiger partial charge < -0.3 is 10.2 Å². The number of aromatic nitrogens is 2. The predicted molar refractivity (Wildman–Crippen MR) is 106 cm³/mol. The molecule has 2 aromatic carbocycles. The number of nitrogens with zero attached hydrogens (tertiary/aromatic N) is 3. The molecule has 1 amide bonds. The molecule has 27 heavy (non-hydrogen) atoms. The van der Waals surface area contributed by atoms with Gasteiger partial charge in [-0.3, -0.25) is 4.79 Å². The molecule has 1 N–H and O–H groups in total. The molecule has 0 fully saturated rings. The van der Waals surface area contributed by atoms with E-state index in [9.17, 15) is 18.0 Å². The van der Waals surface area contributed by atoms with Crippen LogP contribution in [0.3, 0.4) is 0 Å². The molecule has 0 saturated heterocycles. The van der Waals surface area contributed by atoms with E-state index < -0.39 is 17.6 Å². The van der Waals surface area contributed by atoms with Gasteiger partial charge in [0.05, 0.1) is 5.56 Å². The van der Waals surface area contributed by atoms with E-state index in [2.05, 4.69) is 15.5 Å². The Kier molecular flexibility index (Phi) is 5.22. The fraction of sp³-hybridized carbons (Fsp3) is 0.167. The molecule has 3 aromatic rings. The van der Waals surface area contributed by atoms with Crippen molar-refractivity contribution in [2.75, 3.05) is 24.3 Å². The highest BCUT2D eigenvalue weighted by molar-refractivity contribution is 14.1. The van der Waals surface area contributed by atoms with Crippen molar-refractivity contribution in [3.05, 3.63) is 57.3 Å². The first kappa shape index (κ1) is 19.3. The average molecular weight is 486 g/mol. The number of hydrogen-bond acceptors (Lipinski definition) is 4. The molecule has 0 bridgehead atoms. The summed E-state index contributed by atoms with van der Waals surface area (Å²) in [5.74, 6) is 0.158. The number of fused-ring (bicyclic) bond motifs is 1. The summed E-state index contributed by atoms with van der Waals surface area (Å²) in [5, 5.41) is 12.3. The molecular formula is C18H14F3IN4O. The Morgan fingerprint density at radius 1 is 1.07 bits per heavy atom. The van der Waals surface area contributed by atoms with Crippen LogP contribution in [0.1, 0.15) is 15.9 Å². The van der Waals surface area contributed by atoms with Crippen LogP contribution in [0.4, 0.5) is 24.7 Å². The quantitative estimate of drug-likeness (QED) is 0.552. The van der Waals surface area contributed by atoms with Crippen molar-refractivity contribution in [2.45, 2.75) is 6.18 Å². The summed E-state index contributed by atoms with van der Waals surface area (Å²) in [4.78, 5) is 14.3. The molecular weight excluding hydrogens is 472 g/mol. The standard InChI is InChI=1S/C18H14F3IN4O/c1-26(2)16-13-7-6-10(8-14(13)15(22)24-25-16)17(27)23-12-5-3-4-11(9-12)18(19,20)21/h3-9H,1-2H3,(H,23,27). The number of anilines is 2. The smallest absolute Gasteiger partial charge is 0.361 e. The molecule has 0 atom stereocenters. The van der Waals surface area contributed by atoms with Crippen molar-refractivity contribution in [3.63, 3.8) is 0 Å². The fourth-order valence-corrected chi connectivity index (χ4v) is 3.11. The summed E-state index contributed by atoms with van der Waals surface area (Å²) < 4.78 is 39.1. The van der Waals surface area contributed by atoms with Crippen molar-refractivity contribution in [1.82, 2.24) is 10.2 Å². The first-order chi connectivity index (χ1) is 12.7. The van der Waals surface area contributed by atoms with Gasteiger partial charge in [0.25, 0.3) is 5.91 Å². The molecule has 0 aliphatic carbocycles. The second kappa shape index (κ2) is 7.29. The fourth-order valence-electron chi connectivity index (χ4n) is 2.56. The topological polar surface area (TPSA) is 58.1 Å². The number of rotatable bonds is 3. The third-order valence-corrected chi connectivity index (χ3v) is 4.65. The van der Waals surface area contributed by atoms with Crippen LogP contribution in [0.25, 0.3) is 10.8 Å². The van der Waals surface area contributed by atoms with Crippen LogP contribution < -0.4 is 10.2 Å². The highest BCUT2D eigenvalue weighted by Gasteiger charge is 2.30. The lowest BCUT2D eigenvalue weighted by molar-refractivity contribution is -0.137. The van der Waals surface area contributed by atoms with Crippen LogP contribution in [0.15, 0.2) is 42.5 Å². The van der Waals surface area contributed by atoms with Gasteiger partial charge in [0.15, 0.2) is 5.82 Å². The first-order valence-corrected chi connectivity index (χ1v) is 8.86. The van der Waals surface area contributed by atoms with Crippen LogP contribution in [-0.2, 0) is 6.18 Å². The molecule has 0 unspecified atom stereocenters. The van der Waals surface area contributed by atoms with Gasteiger partial charge in [-0.1, -0.05) is 6.07 Å². The van der Waals surface area contributed by atoms with Crippen molar-refractivity contribution in [2.24, 2.45) is 0 Å². The van der Waals surface area contributed by atoms with Gasteiger partial charge in [-0.15, -0.1) is 10.2 Å².